The monoisotopic (exact) mass is 428 g/mol. The van der Waals surface area contributed by atoms with Crippen LogP contribution >= 0.6 is 0 Å². The zero-order valence-electron chi connectivity index (χ0n) is 18.4. The van der Waals surface area contributed by atoms with Gasteiger partial charge in [0.2, 0.25) is 15.9 Å². The van der Waals surface area contributed by atoms with Crippen LogP contribution in [0.2, 0.25) is 0 Å². The molecule has 7 nitrogen and oxygen atoms in total. The Bertz CT molecular complexity index is 737. The first-order valence-electron chi connectivity index (χ1n) is 10.2. The lowest BCUT2D eigenvalue weighted by atomic mass is 9.99. The highest BCUT2D eigenvalue weighted by Gasteiger charge is 2.22. The Morgan fingerprint density at radius 1 is 1.17 bits per heavy atom. The van der Waals surface area contributed by atoms with Crippen molar-refractivity contribution >= 4 is 21.6 Å². The predicted molar refractivity (Wildman–Crippen MR) is 117 cm³/mol. The second-order valence-electron chi connectivity index (χ2n) is 7.20. The van der Waals surface area contributed by atoms with E-state index in [-0.39, 0.29) is 18.9 Å². The Morgan fingerprint density at radius 3 is 2.45 bits per heavy atom. The van der Waals surface area contributed by atoms with Crippen molar-refractivity contribution in [3.05, 3.63) is 18.2 Å². The van der Waals surface area contributed by atoms with Gasteiger partial charge in [-0.15, -0.1) is 0 Å². The third-order valence-electron chi connectivity index (χ3n) is 4.95. The van der Waals surface area contributed by atoms with Crippen LogP contribution in [0.3, 0.4) is 0 Å². The van der Waals surface area contributed by atoms with Crippen LogP contribution < -0.4 is 19.1 Å². The van der Waals surface area contributed by atoms with Gasteiger partial charge in [-0.25, -0.2) is 8.42 Å². The van der Waals surface area contributed by atoms with E-state index in [0.717, 1.165) is 25.5 Å². The van der Waals surface area contributed by atoms with Gasteiger partial charge in [-0.3, -0.25) is 9.10 Å². The van der Waals surface area contributed by atoms with E-state index in [2.05, 4.69) is 19.2 Å². The highest BCUT2D eigenvalue weighted by molar-refractivity contribution is 7.92. The Labute approximate surface area is 175 Å². The van der Waals surface area contributed by atoms with Gasteiger partial charge in [0, 0.05) is 25.6 Å². The molecule has 8 heteroatoms. The lowest BCUT2D eigenvalue weighted by Crippen LogP contribution is -2.33. The van der Waals surface area contributed by atoms with E-state index in [0.29, 0.717) is 36.1 Å². The van der Waals surface area contributed by atoms with Crippen LogP contribution in [0.25, 0.3) is 0 Å². The van der Waals surface area contributed by atoms with Gasteiger partial charge in [-0.05, 0) is 30.9 Å². The molecule has 0 aliphatic rings. The van der Waals surface area contributed by atoms with Gasteiger partial charge in [0.25, 0.3) is 0 Å². The minimum atomic E-state index is -3.55. The quantitative estimate of drug-likeness (QED) is 0.489. The fraction of sp³-hybridized carbons (Fsp3) is 0.667. The molecule has 1 N–H and O–H groups in total. The summed E-state index contributed by atoms with van der Waals surface area (Å²) in [7, 11) is -0.541. The molecule has 0 aliphatic heterocycles. The van der Waals surface area contributed by atoms with E-state index in [1.54, 1.807) is 18.2 Å². The molecule has 0 bridgehead atoms. The Morgan fingerprint density at radius 2 is 1.90 bits per heavy atom. The SMILES string of the molecule is CCCC[C@H](CC)CNC(=O)CCCN(c1cc(OC)ccc1OC)S(C)(=O)=O. The first kappa shape index (κ1) is 25.1. The summed E-state index contributed by atoms with van der Waals surface area (Å²) in [6, 6.07) is 5.00. The van der Waals surface area contributed by atoms with Gasteiger partial charge in [0.1, 0.15) is 11.5 Å². The summed E-state index contributed by atoms with van der Waals surface area (Å²) < 4.78 is 36.5. The summed E-state index contributed by atoms with van der Waals surface area (Å²) in [5.74, 6) is 1.41. The lowest BCUT2D eigenvalue weighted by molar-refractivity contribution is -0.121. The molecule has 166 valence electrons. The fourth-order valence-electron chi connectivity index (χ4n) is 3.13. The van der Waals surface area contributed by atoms with Crippen LogP contribution in [0.4, 0.5) is 5.69 Å². The standard InChI is InChI=1S/C21H36N2O5S/c1-6-8-10-17(7-2)16-22-21(24)11-9-14-23(29(5,25)26)19-15-18(27-3)12-13-20(19)28-4/h12-13,15,17H,6-11,14,16H2,1-5H3,(H,22,24)/t17-/m0/s1. The molecule has 0 aliphatic carbocycles. The van der Waals surface area contributed by atoms with E-state index < -0.39 is 10.0 Å². The molecule has 1 atom stereocenters. The van der Waals surface area contributed by atoms with Crippen LogP contribution in [0, 0.1) is 5.92 Å². The molecule has 1 rings (SSSR count). The molecule has 0 unspecified atom stereocenters. The first-order valence-corrected chi connectivity index (χ1v) is 12.1. The first-order chi connectivity index (χ1) is 13.8. The number of hydrogen-bond donors (Lipinski definition) is 1. The highest BCUT2D eigenvalue weighted by atomic mass is 32.2. The number of nitrogens with one attached hydrogen (secondary N) is 1. The average Bonchev–Trinajstić information content (AvgIpc) is 2.70. The smallest absolute Gasteiger partial charge is 0.232 e. The number of carbonyl (C=O) groups is 1. The molecule has 1 aromatic carbocycles. The molecule has 0 saturated heterocycles. The molecule has 0 spiro atoms. The minimum Gasteiger partial charge on any atom is -0.497 e. The zero-order chi connectivity index (χ0) is 21.9. The van der Waals surface area contributed by atoms with Crippen LogP contribution in [-0.4, -0.2) is 47.9 Å². The van der Waals surface area contributed by atoms with Gasteiger partial charge in [0.15, 0.2) is 0 Å². The van der Waals surface area contributed by atoms with Crippen molar-refractivity contribution in [3.8, 4) is 11.5 Å². The normalized spacial score (nSPS) is 12.3. The van der Waals surface area contributed by atoms with E-state index in [9.17, 15) is 13.2 Å². The molecular formula is C21H36N2O5S. The molecule has 0 radical (unpaired) electrons. The molecule has 29 heavy (non-hydrogen) atoms. The van der Waals surface area contributed by atoms with Crippen LogP contribution in [-0.2, 0) is 14.8 Å². The Hall–Kier alpha value is -1.96. The summed E-state index contributed by atoms with van der Waals surface area (Å²) in [6.07, 6.45) is 6.29. The van der Waals surface area contributed by atoms with Gasteiger partial charge in [0.05, 0.1) is 26.2 Å². The Balaban J connectivity index is 2.72. The van der Waals surface area contributed by atoms with Gasteiger partial charge < -0.3 is 14.8 Å². The minimum absolute atomic E-state index is 0.0500. The summed E-state index contributed by atoms with van der Waals surface area (Å²) >= 11 is 0. The van der Waals surface area contributed by atoms with Crippen molar-refractivity contribution in [1.29, 1.82) is 0 Å². The van der Waals surface area contributed by atoms with Crippen molar-refractivity contribution < 1.29 is 22.7 Å². The van der Waals surface area contributed by atoms with Gasteiger partial charge in [-0.2, -0.15) is 0 Å². The zero-order valence-corrected chi connectivity index (χ0v) is 19.2. The molecule has 0 aromatic heterocycles. The van der Waals surface area contributed by atoms with Crippen molar-refractivity contribution in [1.82, 2.24) is 5.32 Å². The fourth-order valence-corrected chi connectivity index (χ4v) is 4.09. The number of nitrogens with zero attached hydrogens (tertiary/aromatic N) is 1. The molecular weight excluding hydrogens is 392 g/mol. The topological polar surface area (TPSA) is 84.9 Å². The third kappa shape index (κ3) is 8.51. The third-order valence-corrected chi connectivity index (χ3v) is 6.13. The van der Waals surface area contributed by atoms with Crippen molar-refractivity contribution in [2.24, 2.45) is 5.92 Å². The van der Waals surface area contributed by atoms with Crippen molar-refractivity contribution in [2.45, 2.75) is 52.4 Å². The maximum atomic E-state index is 12.4. The number of methoxy groups -OCH3 is 2. The summed E-state index contributed by atoms with van der Waals surface area (Å²) in [5.41, 5.74) is 0.403. The summed E-state index contributed by atoms with van der Waals surface area (Å²) in [5, 5.41) is 2.98. The van der Waals surface area contributed by atoms with E-state index >= 15 is 0 Å². The Kier molecular flexibility index (Phi) is 10.9. The van der Waals surface area contributed by atoms with Crippen molar-refractivity contribution in [2.75, 3.05) is 37.9 Å². The molecule has 1 amide bonds. The van der Waals surface area contributed by atoms with Crippen LogP contribution in [0.1, 0.15) is 52.4 Å². The van der Waals surface area contributed by atoms with E-state index in [1.165, 1.54) is 24.9 Å². The molecule has 0 heterocycles. The molecule has 0 saturated carbocycles. The summed E-state index contributed by atoms with van der Waals surface area (Å²) in [4.78, 5) is 12.2. The number of benzene rings is 1. The number of hydrogen-bond acceptors (Lipinski definition) is 5. The van der Waals surface area contributed by atoms with Gasteiger partial charge in [-0.1, -0.05) is 33.1 Å². The van der Waals surface area contributed by atoms with Gasteiger partial charge >= 0.3 is 0 Å². The number of amides is 1. The number of carbonyl (C=O) groups excluding carboxylic acids is 1. The summed E-state index contributed by atoms with van der Waals surface area (Å²) in [6.45, 7) is 5.16. The number of unbranched alkanes of at least 4 members (excludes halogenated alkanes) is 1. The van der Waals surface area contributed by atoms with Crippen molar-refractivity contribution in [3.63, 3.8) is 0 Å². The number of rotatable bonds is 14. The number of anilines is 1. The maximum Gasteiger partial charge on any atom is 0.232 e. The number of sulfonamides is 1. The molecule has 0 fully saturated rings. The average molecular weight is 429 g/mol. The van der Waals surface area contributed by atoms with E-state index in [1.807, 2.05) is 0 Å². The highest BCUT2D eigenvalue weighted by Crippen LogP contribution is 2.33. The molecule has 1 aromatic rings. The van der Waals surface area contributed by atoms with Crippen LogP contribution in [0.15, 0.2) is 18.2 Å². The maximum absolute atomic E-state index is 12.4. The predicted octanol–water partition coefficient (Wildman–Crippen LogP) is 3.58. The number of ether oxygens (including phenoxy) is 2. The second-order valence-corrected chi connectivity index (χ2v) is 9.10. The van der Waals surface area contributed by atoms with Crippen LogP contribution in [0.5, 0.6) is 11.5 Å². The second kappa shape index (κ2) is 12.6. The lowest BCUT2D eigenvalue weighted by Gasteiger charge is -2.24. The van der Waals surface area contributed by atoms with E-state index in [4.69, 9.17) is 9.47 Å². The largest absolute Gasteiger partial charge is 0.497 e.